The van der Waals surface area contributed by atoms with Gasteiger partial charge in [0.25, 0.3) is 0 Å². The van der Waals surface area contributed by atoms with E-state index in [1.54, 1.807) is 17.5 Å². The summed E-state index contributed by atoms with van der Waals surface area (Å²) in [5.74, 6) is -0.0632. The molecule has 0 unspecified atom stereocenters. The zero-order valence-corrected chi connectivity index (χ0v) is 13.8. The number of alkyl halides is 3. The van der Waals surface area contributed by atoms with Crippen LogP contribution in [0.4, 0.5) is 19.1 Å². The molecule has 2 N–H and O–H groups in total. The molecule has 0 atom stereocenters. The highest BCUT2D eigenvalue weighted by Crippen LogP contribution is 2.32. The van der Waals surface area contributed by atoms with E-state index < -0.39 is 12.7 Å². The Labute approximate surface area is 144 Å². The van der Waals surface area contributed by atoms with Crippen LogP contribution in [0.1, 0.15) is 5.01 Å². The van der Waals surface area contributed by atoms with E-state index in [-0.39, 0.29) is 5.95 Å². The highest BCUT2D eigenvalue weighted by molar-refractivity contribution is 7.18. The van der Waals surface area contributed by atoms with E-state index >= 15 is 0 Å². The molecule has 4 rings (SSSR count). The molecule has 0 fully saturated rings. The molecule has 0 radical (unpaired) electrons. The fourth-order valence-electron chi connectivity index (χ4n) is 2.62. The first kappa shape index (κ1) is 15.8. The number of hydrogen-bond acceptors (Lipinski definition) is 5. The van der Waals surface area contributed by atoms with Gasteiger partial charge in [-0.1, -0.05) is 6.07 Å². The number of anilines is 1. The summed E-state index contributed by atoms with van der Waals surface area (Å²) in [5, 5.41) is 3.92. The van der Waals surface area contributed by atoms with Crippen molar-refractivity contribution in [2.45, 2.75) is 13.1 Å². The normalized spacial score (nSPS) is 12.2. The van der Waals surface area contributed by atoms with Crippen LogP contribution in [0.25, 0.3) is 32.4 Å². The third-order valence-electron chi connectivity index (χ3n) is 3.69. The molecule has 9 heteroatoms. The van der Waals surface area contributed by atoms with Gasteiger partial charge >= 0.3 is 6.18 Å². The van der Waals surface area contributed by atoms with Crippen LogP contribution < -0.4 is 5.32 Å². The maximum absolute atomic E-state index is 12.3. The Morgan fingerprint density at radius 2 is 2.08 bits per heavy atom. The number of aromatic nitrogens is 4. The lowest BCUT2D eigenvalue weighted by atomic mass is 10.1. The number of fused-ring (bicyclic) bond motifs is 2. The van der Waals surface area contributed by atoms with Crippen molar-refractivity contribution in [3.8, 4) is 11.1 Å². The third kappa shape index (κ3) is 3.14. The van der Waals surface area contributed by atoms with E-state index in [9.17, 15) is 13.2 Å². The SMILES string of the molecule is Cc1nc2ccc(-c3c[nH]c4nc(NCC(F)(F)F)ncc34)cc2s1. The van der Waals surface area contributed by atoms with Crippen molar-refractivity contribution in [1.29, 1.82) is 0 Å². The Morgan fingerprint density at radius 3 is 2.88 bits per heavy atom. The van der Waals surface area contributed by atoms with Gasteiger partial charge < -0.3 is 10.3 Å². The zero-order chi connectivity index (χ0) is 17.6. The maximum Gasteiger partial charge on any atom is 0.405 e. The Morgan fingerprint density at radius 1 is 1.24 bits per heavy atom. The van der Waals surface area contributed by atoms with Gasteiger partial charge in [-0.2, -0.15) is 18.2 Å². The second-order valence-electron chi connectivity index (χ2n) is 5.54. The van der Waals surface area contributed by atoms with E-state index in [0.717, 1.165) is 31.7 Å². The smallest absolute Gasteiger partial charge is 0.345 e. The van der Waals surface area contributed by atoms with Gasteiger partial charge in [0.15, 0.2) is 0 Å². The van der Waals surface area contributed by atoms with Gasteiger partial charge in [-0.3, -0.25) is 0 Å². The number of rotatable bonds is 3. The fourth-order valence-corrected chi connectivity index (χ4v) is 3.48. The second kappa shape index (κ2) is 5.69. The Balaban J connectivity index is 1.70. The van der Waals surface area contributed by atoms with Crippen molar-refractivity contribution in [2.24, 2.45) is 0 Å². The zero-order valence-electron chi connectivity index (χ0n) is 13.0. The lowest BCUT2D eigenvalue weighted by Gasteiger charge is -2.07. The third-order valence-corrected chi connectivity index (χ3v) is 4.62. The van der Waals surface area contributed by atoms with Crippen LogP contribution in [0.15, 0.2) is 30.6 Å². The molecule has 5 nitrogen and oxygen atoms in total. The number of H-pyrrole nitrogens is 1. The molecule has 0 aliphatic carbocycles. The average molecular weight is 363 g/mol. The van der Waals surface area contributed by atoms with Crippen LogP contribution >= 0.6 is 11.3 Å². The number of benzene rings is 1. The number of thiazole rings is 1. The predicted octanol–water partition coefficient (Wildman–Crippen LogP) is 4.52. The standard InChI is InChI=1S/C16H12F3N5S/c1-8-23-12-3-2-9(4-13(12)25-8)10-5-20-14-11(10)6-21-15(24-14)22-7-16(17,18)19/h2-6H,7H2,1H3,(H2,20,21,22,24). The molecule has 1 aromatic carbocycles. The summed E-state index contributed by atoms with van der Waals surface area (Å²) in [5.41, 5.74) is 3.29. The minimum absolute atomic E-state index is 0.0632. The molecule has 0 spiro atoms. The summed E-state index contributed by atoms with van der Waals surface area (Å²) < 4.78 is 37.9. The van der Waals surface area contributed by atoms with E-state index in [0.29, 0.717) is 5.65 Å². The molecule has 25 heavy (non-hydrogen) atoms. The second-order valence-corrected chi connectivity index (χ2v) is 6.78. The van der Waals surface area contributed by atoms with Crippen molar-refractivity contribution >= 4 is 38.5 Å². The van der Waals surface area contributed by atoms with Gasteiger partial charge in [-0.15, -0.1) is 11.3 Å². The molecular formula is C16H12F3N5S. The van der Waals surface area contributed by atoms with Crippen molar-refractivity contribution in [1.82, 2.24) is 19.9 Å². The van der Waals surface area contributed by atoms with Gasteiger partial charge in [0.1, 0.15) is 12.2 Å². The molecule has 3 aromatic heterocycles. The summed E-state index contributed by atoms with van der Waals surface area (Å²) in [6.45, 7) is 0.785. The molecule has 0 saturated carbocycles. The van der Waals surface area contributed by atoms with E-state index in [1.807, 2.05) is 25.1 Å². The van der Waals surface area contributed by atoms with Crippen LogP contribution in [-0.2, 0) is 0 Å². The van der Waals surface area contributed by atoms with Crippen LogP contribution in [0.2, 0.25) is 0 Å². The van der Waals surface area contributed by atoms with Crippen molar-refractivity contribution in [3.05, 3.63) is 35.6 Å². The first-order valence-corrected chi connectivity index (χ1v) is 8.23. The van der Waals surface area contributed by atoms with E-state index in [1.165, 1.54) is 6.20 Å². The summed E-state index contributed by atoms with van der Waals surface area (Å²) in [6.07, 6.45) is -1.02. The first-order chi connectivity index (χ1) is 11.9. The fraction of sp³-hybridized carbons (Fsp3) is 0.188. The molecule has 0 aliphatic rings. The molecule has 0 saturated heterocycles. The van der Waals surface area contributed by atoms with E-state index in [2.05, 4.69) is 25.3 Å². The van der Waals surface area contributed by atoms with Crippen LogP contribution in [-0.4, -0.2) is 32.7 Å². The number of aromatic amines is 1. The van der Waals surface area contributed by atoms with Crippen molar-refractivity contribution < 1.29 is 13.2 Å². The number of hydrogen-bond donors (Lipinski definition) is 2. The predicted molar refractivity (Wildman–Crippen MR) is 91.8 cm³/mol. The Bertz CT molecular complexity index is 1070. The number of halogens is 3. The molecular weight excluding hydrogens is 351 g/mol. The number of aryl methyl sites for hydroxylation is 1. The molecule has 128 valence electrons. The average Bonchev–Trinajstić information content (AvgIpc) is 3.13. The molecule has 0 amide bonds. The largest absolute Gasteiger partial charge is 0.405 e. The molecule has 0 aliphatic heterocycles. The quantitative estimate of drug-likeness (QED) is 0.562. The minimum atomic E-state index is -4.32. The summed E-state index contributed by atoms with van der Waals surface area (Å²) >= 11 is 1.61. The van der Waals surface area contributed by atoms with Crippen LogP contribution in [0.5, 0.6) is 0 Å². The van der Waals surface area contributed by atoms with Crippen LogP contribution in [0.3, 0.4) is 0 Å². The summed E-state index contributed by atoms with van der Waals surface area (Å²) in [4.78, 5) is 15.5. The van der Waals surface area contributed by atoms with E-state index in [4.69, 9.17) is 0 Å². The summed E-state index contributed by atoms with van der Waals surface area (Å²) in [6, 6.07) is 5.95. The van der Waals surface area contributed by atoms with Crippen molar-refractivity contribution in [2.75, 3.05) is 11.9 Å². The monoisotopic (exact) mass is 363 g/mol. The molecule has 0 bridgehead atoms. The Kier molecular flexibility index (Phi) is 3.60. The Hall–Kier alpha value is -2.68. The van der Waals surface area contributed by atoms with Crippen molar-refractivity contribution in [3.63, 3.8) is 0 Å². The van der Waals surface area contributed by atoms with Gasteiger partial charge in [-0.05, 0) is 24.6 Å². The summed E-state index contributed by atoms with van der Waals surface area (Å²) in [7, 11) is 0. The first-order valence-electron chi connectivity index (χ1n) is 7.41. The van der Waals surface area contributed by atoms with Gasteiger partial charge in [0.05, 0.1) is 15.2 Å². The van der Waals surface area contributed by atoms with Gasteiger partial charge in [0, 0.05) is 23.3 Å². The topological polar surface area (TPSA) is 66.5 Å². The lowest BCUT2D eigenvalue weighted by Crippen LogP contribution is -2.22. The highest BCUT2D eigenvalue weighted by Gasteiger charge is 2.27. The number of nitrogens with one attached hydrogen (secondary N) is 2. The molecule has 3 heterocycles. The minimum Gasteiger partial charge on any atom is -0.345 e. The van der Waals surface area contributed by atoms with Gasteiger partial charge in [-0.25, -0.2) is 9.97 Å². The lowest BCUT2D eigenvalue weighted by molar-refractivity contribution is -0.115. The van der Waals surface area contributed by atoms with Crippen LogP contribution in [0, 0.1) is 6.92 Å². The number of nitrogens with zero attached hydrogens (tertiary/aromatic N) is 3. The van der Waals surface area contributed by atoms with Gasteiger partial charge in [0.2, 0.25) is 5.95 Å². The molecule has 4 aromatic rings. The maximum atomic E-state index is 12.3. The highest BCUT2D eigenvalue weighted by atomic mass is 32.1.